The highest BCUT2D eigenvalue weighted by atomic mass is 16.2. The fraction of sp³-hybridized carbons (Fsp3) is 0.889. The van der Waals surface area contributed by atoms with Crippen LogP contribution in [-0.4, -0.2) is 30.4 Å². The highest BCUT2D eigenvalue weighted by Gasteiger charge is 2.51. The molecule has 4 N–H and O–H groups in total. The molecular weight excluding hydrogens is 290 g/mol. The van der Waals surface area contributed by atoms with Crippen LogP contribution in [0.5, 0.6) is 0 Å². The minimum atomic E-state index is -0.429. The number of rotatable bonds is 6. The summed E-state index contributed by atoms with van der Waals surface area (Å²) in [4.78, 5) is 24.3. The van der Waals surface area contributed by atoms with Crippen LogP contribution in [0.4, 0.5) is 0 Å². The number of carbonyl (C=O) groups excluding carboxylic acids is 2. The number of carbonyl (C=O) groups is 2. The summed E-state index contributed by atoms with van der Waals surface area (Å²) in [6.07, 6.45) is 8.42. The Balaban J connectivity index is 1.47. The average molecular weight is 321 g/mol. The van der Waals surface area contributed by atoms with Crippen LogP contribution in [0.25, 0.3) is 0 Å². The molecule has 4 aliphatic carbocycles. The third kappa shape index (κ3) is 3.87. The van der Waals surface area contributed by atoms with Gasteiger partial charge < -0.3 is 16.4 Å². The van der Waals surface area contributed by atoms with Gasteiger partial charge in [-0.25, -0.2) is 0 Å². The quantitative estimate of drug-likeness (QED) is 0.694. The smallest absolute Gasteiger partial charge is 0.239 e. The van der Waals surface area contributed by atoms with E-state index in [0.29, 0.717) is 13.0 Å². The first-order chi connectivity index (χ1) is 10.8. The molecule has 130 valence electrons. The molecule has 0 aromatic heterocycles. The Labute approximate surface area is 139 Å². The van der Waals surface area contributed by atoms with E-state index in [-0.39, 0.29) is 23.8 Å². The van der Waals surface area contributed by atoms with Crippen molar-refractivity contribution in [2.24, 2.45) is 28.9 Å². The summed E-state index contributed by atoms with van der Waals surface area (Å²) in [6.45, 7) is 4.18. The molecule has 0 aliphatic heterocycles. The van der Waals surface area contributed by atoms with Gasteiger partial charge in [0, 0.05) is 18.5 Å². The summed E-state index contributed by atoms with van der Waals surface area (Å²) in [7, 11) is 0. The van der Waals surface area contributed by atoms with Crippen molar-refractivity contribution in [2.75, 3.05) is 13.1 Å². The van der Waals surface area contributed by atoms with Gasteiger partial charge in [-0.05, 0) is 75.5 Å². The fourth-order valence-corrected chi connectivity index (χ4v) is 5.56. The first-order valence-electron chi connectivity index (χ1n) is 9.07. The molecule has 0 aromatic rings. The largest absolute Gasteiger partial charge is 0.348 e. The standard InChI is InChI=1S/C18H31N3O2/c1-17(2,11-19)21-16(23)10-20-15(22)9-18-6-12-3-13(7-18)5-14(4-12)8-18/h12-14H,3-11,19H2,1-2H3,(H,20,22)(H,21,23). The maximum Gasteiger partial charge on any atom is 0.239 e. The van der Waals surface area contributed by atoms with Crippen LogP contribution in [0.2, 0.25) is 0 Å². The third-order valence-electron chi connectivity index (χ3n) is 6.13. The normalized spacial score (nSPS) is 35.2. The molecule has 4 saturated carbocycles. The molecular formula is C18H31N3O2. The molecule has 0 atom stereocenters. The Morgan fingerprint density at radius 2 is 1.57 bits per heavy atom. The molecule has 2 amide bonds. The Morgan fingerprint density at radius 1 is 1.04 bits per heavy atom. The average Bonchev–Trinajstić information content (AvgIpc) is 2.43. The van der Waals surface area contributed by atoms with Crippen molar-refractivity contribution in [1.82, 2.24) is 10.6 Å². The summed E-state index contributed by atoms with van der Waals surface area (Å²) >= 11 is 0. The molecule has 4 bridgehead atoms. The monoisotopic (exact) mass is 321 g/mol. The summed E-state index contributed by atoms with van der Waals surface area (Å²) in [6, 6.07) is 0. The van der Waals surface area contributed by atoms with E-state index in [0.717, 1.165) is 17.8 Å². The summed E-state index contributed by atoms with van der Waals surface area (Å²) < 4.78 is 0. The minimum absolute atomic E-state index is 0.0349. The molecule has 5 heteroatoms. The van der Waals surface area contributed by atoms with Gasteiger partial charge >= 0.3 is 0 Å². The fourth-order valence-electron chi connectivity index (χ4n) is 5.56. The molecule has 0 unspecified atom stereocenters. The van der Waals surface area contributed by atoms with Crippen LogP contribution in [0.1, 0.15) is 58.8 Å². The molecule has 23 heavy (non-hydrogen) atoms. The van der Waals surface area contributed by atoms with Crippen LogP contribution >= 0.6 is 0 Å². The van der Waals surface area contributed by atoms with E-state index in [4.69, 9.17) is 5.73 Å². The zero-order chi connectivity index (χ0) is 16.7. The zero-order valence-corrected chi connectivity index (χ0v) is 14.5. The Bertz CT molecular complexity index is 451. The van der Waals surface area contributed by atoms with E-state index in [1.54, 1.807) is 0 Å². The number of nitrogens with two attached hydrogens (primary N) is 1. The Hall–Kier alpha value is -1.10. The lowest BCUT2D eigenvalue weighted by Gasteiger charge is -2.56. The van der Waals surface area contributed by atoms with Crippen LogP contribution in [0, 0.1) is 23.2 Å². The first kappa shape index (κ1) is 16.7. The molecule has 4 rings (SSSR count). The van der Waals surface area contributed by atoms with Crippen molar-refractivity contribution < 1.29 is 9.59 Å². The van der Waals surface area contributed by atoms with Crippen molar-refractivity contribution in [3.63, 3.8) is 0 Å². The lowest BCUT2D eigenvalue weighted by atomic mass is 9.49. The van der Waals surface area contributed by atoms with Gasteiger partial charge in [-0.1, -0.05) is 0 Å². The Kier molecular flexibility index (Phi) is 4.43. The van der Waals surface area contributed by atoms with Crippen molar-refractivity contribution in [3.8, 4) is 0 Å². The van der Waals surface area contributed by atoms with E-state index < -0.39 is 5.54 Å². The molecule has 0 heterocycles. The maximum atomic E-state index is 12.4. The molecule has 4 fully saturated rings. The second-order valence-corrected chi connectivity index (χ2v) is 9.01. The van der Waals surface area contributed by atoms with Gasteiger partial charge in [0.25, 0.3) is 0 Å². The topological polar surface area (TPSA) is 84.2 Å². The van der Waals surface area contributed by atoms with Crippen molar-refractivity contribution in [2.45, 2.75) is 64.3 Å². The van der Waals surface area contributed by atoms with E-state index in [2.05, 4.69) is 10.6 Å². The lowest BCUT2D eigenvalue weighted by Crippen LogP contribution is -2.52. The number of nitrogens with one attached hydrogen (secondary N) is 2. The van der Waals surface area contributed by atoms with Crippen molar-refractivity contribution in [3.05, 3.63) is 0 Å². The van der Waals surface area contributed by atoms with Crippen molar-refractivity contribution in [1.29, 1.82) is 0 Å². The van der Waals surface area contributed by atoms with Gasteiger partial charge in [0.15, 0.2) is 0 Å². The number of hydrogen-bond donors (Lipinski definition) is 3. The van der Waals surface area contributed by atoms with E-state index in [1.807, 2.05) is 13.8 Å². The van der Waals surface area contributed by atoms with E-state index in [1.165, 1.54) is 38.5 Å². The number of amides is 2. The lowest BCUT2D eigenvalue weighted by molar-refractivity contribution is -0.132. The second-order valence-electron chi connectivity index (χ2n) is 9.01. The molecule has 4 aliphatic rings. The Morgan fingerprint density at radius 3 is 2.04 bits per heavy atom. The van der Waals surface area contributed by atoms with Crippen LogP contribution < -0.4 is 16.4 Å². The summed E-state index contributed by atoms with van der Waals surface area (Å²) in [5.41, 5.74) is 5.40. The minimum Gasteiger partial charge on any atom is -0.348 e. The van der Waals surface area contributed by atoms with E-state index in [9.17, 15) is 9.59 Å². The van der Waals surface area contributed by atoms with Crippen LogP contribution in [0.15, 0.2) is 0 Å². The molecule has 0 aromatic carbocycles. The molecule has 0 radical (unpaired) electrons. The van der Waals surface area contributed by atoms with Gasteiger partial charge in [0.1, 0.15) is 0 Å². The maximum absolute atomic E-state index is 12.4. The van der Waals surface area contributed by atoms with Crippen molar-refractivity contribution >= 4 is 11.8 Å². The highest BCUT2D eigenvalue weighted by Crippen LogP contribution is 2.61. The van der Waals surface area contributed by atoms with Gasteiger partial charge in [-0.15, -0.1) is 0 Å². The van der Waals surface area contributed by atoms with Gasteiger partial charge in [0.05, 0.1) is 6.54 Å². The van der Waals surface area contributed by atoms with Gasteiger partial charge in [-0.2, -0.15) is 0 Å². The summed E-state index contributed by atoms with van der Waals surface area (Å²) in [5.74, 6) is 2.42. The van der Waals surface area contributed by atoms with Gasteiger partial charge in [0.2, 0.25) is 11.8 Å². The van der Waals surface area contributed by atoms with Crippen LogP contribution in [0.3, 0.4) is 0 Å². The second kappa shape index (κ2) is 6.08. The first-order valence-corrected chi connectivity index (χ1v) is 9.07. The van der Waals surface area contributed by atoms with E-state index >= 15 is 0 Å². The predicted octanol–water partition coefficient (Wildman–Crippen LogP) is 1.56. The highest BCUT2D eigenvalue weighted by molar-refractivity contribution is 5.85. The van der Waals surface area contributed by atoms with Crippen LogP contribution in [-0.2, 0) is 9.59 Å². The third-order valence-corrected chi connectivity index (χ3v) is 6.13. The SMILES string of the molecule is CC(C)(CN)NC(=O)CNC(=O)CC12CC3CC(CC(C3)C1)C2. The zero-order valence-electron chi connectivity index (χ0n) is 14.5. The molecule has 0 spiro atoms. The molecule has 0 saturated heterocycles. The summed E-state index contributed by atoms with van der Waals surface area (Å²) in [5, 5.41) is 5.65. The molecule has 5 nitrogen and oxygen atoms in total. The van der Waals surface area contributed by atoms with Gasteiger partial charge in [-0.3, -0.25) is 9.59 Å². The number of hydrogen-bond acceptors (Lipinski definition) is 3. The predicted molar refractivity (Wildman–Crippen MR) is 89.5 cm³/mol.